The van der Waals surface area contributed by atoms with Crippen LogP contribution in [0.5, 0.6) is 0 Å². The topological polar surface area (TPSA) is 69.4 Å². The highest BCUT2D eigenvalue weighted by Gasteiger charge is 2.16. The number of rotatable bonds is 6. The van der Waals surface area contributed by atoms with E-state index < -0.39 is 4.92 Å². The van der Waals surface area contributed by atoms with Crippen molar-refractivity contribution in [1.29, 1.82) is 0 Å². The van der Waals surface area contributed by atoms with Gasteiger partial charge in [0.15, 0.2) is 0 Å². The summed E-state index contributed by atoms with van der Waals surface area (Å²) in [7, 11) is 1.35. The molecule has 0 aliphatic heterocycles. The van der Waals surface area contributed by atoms with Gasteiger partial charge in [0, 0.05) is 27.6 Å². The van der Waals surface area contributed by atoms with Crippen molar-refractivity contribution in [2.75, 3.05) is 12.9 Å². The Morgan fingerprint density at radius 3 is 2.84 bits per heavy atom. The van der Waals surface area contributed by atoms with Gasteiger partial charge in [0.1, 0.15) is 0 Å². The van der Waals surface area contributed by atoms with Gasteiger partial charge in [-0.2, -0.15) is 11.8 Å². The van der Waals surface area contributed by atoms with E-state index in [9.17, 15) is 14.9 Å². The number of benzene rings is 1. The summed E-state index contributed by atoms with van der Waals surface area (Å²) in [5.74, 6) is 0.576. The predicted octanol–water partition coefficient (Wildman–Crippen LogP) is 3.40. The van der Waals surface area contributed by atoms with Crippen LogP contribution < -0.4 is 0 Å². The largest absolute Gasteiger partial charge is 0.469 e. The molecular weight excluding hydrogens is 334 g/mol. The second-order valence-corrected chi connectivity index (χ2v) is 5.92. The molecule has 0 bridgehead atoms. The number of carbonyl (C=O) groups is 1. The third-order valence-corrected chi connectivity index (χ3v) is 4.22. The quantitative estimate of drug-likeness (QED) is 0.448. The number of thioether (sulfide) groups is 1. The first-order valence-corrected chi connectivity index (χ1v) is 7.49. The molecule has 1 aromatic carbocycles. The molecule has 1 unspecified atom stereocenters. The first-order chi connectivity index (χ1) is 8.95. The second kappa shape index (κ2) is 7.49. The molecule has 1 atom stereocenters. The highest BCUT2D eigenvalue weighted by molar-refractivity contribution is 9.10. The molecule has 0 N–H and O–H groups in total. The molecule has 104 valence electrons. The fraction of sp³-hybridized carbons (Fsp3) is 0.417. The number of nitro benzene ring substituents is 1. The lowest BCUT2D eigenvalue weighted by molar-refractivity contribution is -0.385. The number of hydrogen-bond donors (Lipinski definition) is 0. The fourth-order valence-corrected chi connectivity index (χ4v) is 2.86. The summed E-state index contributed by atoms with van der Waals surface area (Å²) in [4.78, 5) is 21.8. The average Bonchev–Trinajstić information content (AvgIpc) is 2.38. The van der Waals surface area contributed by atoms with Crippen LogP contribution in [0.15, 0.2) is 22.7 Å². The van der Waals surface area contributed by atoms with Crippen LogP contribution in [0.1, 0.15) is 12.5 Å². The van der Waals surface area contributed by atoms with E-state index in [4.69, 9.17) is 0 Å². The molecule has 0 aromatic heterocycles. The summed E-state index contributed by atoms with van der Waals surface area (Å²) in [6.45, 7) is 1.77. The van der Waals surface area contributed by atoms with Crippen LogP contribution in [-0.4, -0.2) is 23.8 Å². The Hall–Kier alpha value is -1.08. The summed E-state index contributed by atoms with van der Waals surface area (Å²) < 4.78 is 5.30. The number of carbonyl (C=O) groups excluding carboxylic acids is 1. The Balaban J connectivity index is 2.63. The van der Waals surface area contributed by atoms with E-state index in [1.165, 1.54) is 24.9 Å². The van der Waals surface area contributed by atoms with Gasteiger partial charge in [-0.15, -0.1) is 0 Å². The molecule has 0 fully saturated rings. The maximum Gasteiger partial charge on any atom is 0.309 e. The molecule has 0 saturated heterocycles. The van der Waals surface area contributed by atoms with Gasteiger partial charge >= 0.3 is 5.97 Å². The standard InChI is InChI=1S/C12H14BrNO4S/c1-8(12(15)18-2)6-19-7-9-3-4-10(13)5-11(9)14(16)17/h3-5,8H,6-7H2,1-2H3. The van der Waals surface area contributed by atoms with E-state index >= 15 is 0 Å². The van der Waals surface area contributed by atoms with Crippen molar-refractivity contribution < 1.29 is 14.5 Å². The van der Waals surface area contributed by atoms with E-state index in [2.05, 4.69) is 20.7 Å². The highest BCUT2D eigenvalue weighted by atomic mass is 79.9. The molecule has 7 heteroatoms. The van der Waals surface area contributed by atoms with Gasteiger partial charge in [-0.1, -0.05) is 28.9 Å². The van der Waals surface area contributed by atoms with Crippen LogP contribution in [0.25, 0.3) is 0 Å². The summed E-state index contributed by atoms with van der Waals surface area (Å²) in [5.41, 5.74) is 0.739. The molecule has 0 heterocycles. The van der Waals surface area contributed by atoms with Crippen molar-refractivity contribution >= 4 is 39.3 Å². The van der Waals surface area contributed by atoms with Crippen LogP contribution in [-0.2, 0) is 15.3 Å². The lowest BCUT2D eigenvalue weighted by Crippen LogP contribution is -2.14. The fourth-order valence-electron chi connectivity index (χ4n) is 1.44. The van der Waals surface area contributed by atoms with Gasteiger partial charge < -0.3 is 4.74 Å². The van der Waals surface area contributed by atoms with Gasteiger partial charge in [-0.05, 0) is 6.07 Å². The third kappa shape index (κ3) is 4.83. The SMILES string of the molecule is COC(=O)C(C)CSCc1ccc(Br)cc1[N+](=O)[O-]. The second-order valence-electron chi connectivity index (χ2n) is 3.97. The summed E-state index contributed by atoms with van der Waals surface area (Å²) >= 11 is 4.69. The summed E-state index contributed by atoms with van der Waals surface area (Å²) in [6.07, 6.45) is 0. The Labute approximate surface area is 124 Å². The van der Waals surface area contributed by atoms with E-state index in [-0.39, 0.29) is 17.6 Å². The van der Waals surface area contributed by atoms with E-state index in [0.717, 1.165) is 0 Å². The van der Waals surface area contributed by atoms with E-state index in [1.54, 1.807) is 19.1 Å². The zero-order chi connectivity index (χ0) is 14.4. The normalized spacial score (nSPS) is 11.9. The van der Waals surface area contributed by atoms with Crippen LogP contribution >= 0.6 is 27.7 Å². The summed E-state index contributed by atoms with van der Waals surface area (Å²) in [6, 6.07) is 4.98. The number of halogens is 1. The molecule has 1 rings (SSSR count). The van der Waals surface area contributed by atoms with Gasteiger partial charge in [0.05, 0.1) is 18.0 Å². The molecule has 0 saturated carbocycles. The third-order valence-electron chi connectivity index (χ3n) is 2.47. The van der Waals surface area contributed by atoms with Crippen LogP contribution in [0.2, 0.25) is 0 Å². The minimum atomic E-state index is -0.398. The average molecular weight is 348 g/mol. The molecule has 0 radical (unpaired) electrons. The summed E-state index contributed by atoms with van der Waals surface area (Å²) in [5, 5.41) is 10.9. The molecule has 5 nitrogen and oxygen atoms in total. The molecule has 0 aliphatic carbocycles. The maximum absolute atomic E-state index is 11.2. The van der Waals surface area contributed by atoms with Crippen LogP contribution in [0.4, 0.5) is 5.69 Å². The Morgan fingerprint density at radius 2 is 2.26 bits per heavy atom. The first kappa shape index (κ1) is 16.0. The van der Waals surface area contributed by atoms with Gasteiger partial charge in [0.25, 0.3) is 5.69 Å². The lowest BCUT2D eigenvalue weighted by atomic mass is 10.2. The lowest BCUT2D eigenvalue weighted by Gasteiger charge is -2.08. The molecule has 0 spiro atoms. The Kier molecular flexibility index (Phi) is 6.30. The van der Waals surface area contributed by atoms with Crippen molar-refractivity contribution in [2.45, 2.75) is 12.7 Å². The Bertz CT molecular complexity index is 481. The van der Waals surface area contributed by atoms with E-state index in [0.29, 0.717) is 21.5 Å². The number of methoxy groups -OCH3 is 1. The monoisotopic (exact) mass is 347 g/mol. The predicted molar refractivity (Wildman–Crippen MR) is 78.1 cm³/mol. The van der Waals surface area contributed by atoms with Crippen LogP contribution in [0.3, 0.4) is 0 Å². The van der Waals surface area contributed by atoms with Gasteiger partial charge in [0.2, 0.25) is 0 Å². The smallest absolute Gasteiger partial charge is 0.309 e. The number of nitro groups is 1. The van der Waals surface area contributed by atoms with Gasteiger partial charge in [-0.25, -0.2) is 0 Å². The molecule has 0 amide bonds. The maximum atomic E-state index is 11.2. The number of nitrogens with zero attached hydrogens (tertiary/aromatic N) is 1. The van der Waals surface area contributed by atoms with Crippen molar-refractivity contribution in [3.63, 3.8) is 0 Å². The molecular formula is C12H14BrNO4S. The minimum Gasteiger partial charge on any atom is -0.469 e. The van der Waals surface area contributed by atoms with Crippen molar-refractivity contribution in [1.82, 2.24) is 0 Å². The van der Waals surface area contributed by atoms with Gasteiger partial charge in [-0.3, -0.25) is 14.9 Å². The highest BCUT2D eigenvalue weighted by Crippen LogP contribution is 2.27. The molecule has 0 aliphatic rings. The number of ether oxygens (including phenoxy) is 1. The number of hydrogen-bond acceptors (Lipinski definition) is 5. The minimum absolute atomic E-state index is 0.0904. The van der Waals surface area contributed by atoms with E-state index in [1.807, 2.05) is 0 Å². The molecule has 1 aromatic rings. The van der Waals surface area contributed by atoms with Crippen LogP contribution in [0, 0.1) is 16.0 Å². The zero-order valence-corrected chi connectivity index (χ0v) is 13.0. The van der Waals surface area contributed by atoms with Crippen molar-refractivity contribution in [2.24, 2.45) is 5.92 Å². The zero-order valence-electron chi connectivity index (χ0n) is 10.6. The van der Waals surface area contributed by atoms with Crippen molar-refractivity contribution in [3.05, 3.63) is 38.3 Å². The first-order valence-electron chi connectivity index (χ1n) is 5.54. The Morgan fingerprint density at radius 1 is 1.58 bits per heavy atom. The number of esters is 1. The molecule has 19 heavy (non-hydrogen) atoms. The van der Waals surface area contributed by atoms with Crippen molar-refractivity contribution in [3.8, 4) is 0 Å².